The van der Waals surface area contributed by atoms with E-state index in [-0.39, 0.29) is 6.10 Å². The quantitative estimate of drug-likeness (QED) is 0.624. The van der Waals surface area contributed by atoms with Gasteiger partial charge in [0.1, 0.15) is 0 Å². The Balaban J connectivity index is 1.43. The molecular weight excluding hydrogens is 288 g/mol. The smallest absolute Gasteiger partial charge is 0.0809 e. The minimum atomic E-state index is 0.283. The van der Waals surface area contributed by atoms with Crippen LogP contribution in [-0.4, -0.2) is 25.5 Å². The van der Waals surface area contributed by atoms with Gasteiger partial charge in [-0.1, -0.05) is 42.5 Å². The Hall–Kier alpha value is -2.17. The predicted octanol–water partition coefficient (Wildman–Crippen LogP) is 3.83. The van der Waals surface area contributed by atoms with Gasteiger partial charge < -0.3 is 9.47 Å². The second kappa shape index (κ2) is 8.46. The molecule has 0 radical (unpaired) electrons. The molecule has 4 nitrogen and oxygen atoms in total. The number of hydrogen-bond donors (Lipinski definition) is 1. The molecule has 120 valence electrons. The number of hydrazone groups is 1. The molecule has 1 N–H and O–H groups in total. The molecule has 1 heterocycles. The fraction of sp³-hybridized carbons (Fsp3) is 0.316. The van der Waals surface area contributed by atoms with Crippen LogP contribution in [0, 0.1) is 0 Å². The third-order valence-electron chi connectivity index (χ3n) is 3.76. The monoisotopic (exact) mass is 310 g/mol. The molecule has 1 saturated heterocycles. The maximum atomic E-state index is 5.71. The van der Waals surface area contributed by atoms with E-state index in [1.54, 1.807) is 0 Å². The molecule has 1 aliphatic rings. The van der Waals surface area contributed by atoms with Crippen LogP contribution in [0.5, 0.6) is 0 Å². The van der Waals surface area contributed by atoms with Crippen LogP contribution in [0.2, 0.25) is 0 Å². The number of hydrogen-bond acceptors (Lipinski definition) is 4. The lowest BCUT2D eigenvalue weighted by atomic mass is 10.1. The van der Waals surface area contributed by atoms with Crippen molar-refractivity contribution >= 4 is 11.9 Å². The van der Waals surface area contributed by atoms with Crippen LogP contribution in [-0.2, 0) is 16.1 Å². The third kappa shape index (κ3) is 5.20. The van der Waals surface area contributed by atoms with E-state index in [4.69, 9.17) is 9.47 Å². The van der Waals surface area contributed by atoms with Gasteiger partial charge in [0.2, 0.25) is 0 Å². The van der Waals surface area contributed by atoms with Crippen LogP contribution in [0.25, 0.3) is 0 Å². The zero-order valence-corrected chi connectivity index (χ0v) is 13.2. The normalized spacial score (nSPS) is 17.7. The Bertz CT molecular complexity index is 605. The predicted molar refractivity (Wildman–Crippen MR) is 92.7 cm³/mol. The summed E-state index contributed by atoms with van der Waals surface area (Å²) in [4.78, 5) is 0. The largest absolute Gasteiger partial charge is 0.376 e. The second-order valence-corrected chi connectivity index (χ2v) is 5.63. The second-order valence-electron chi connectivity index (χ2n) is 5.63. The fourth-order valence-electron chi connectivity index (χ4n) is 2.48. The molecule has 0 amide bonds. The average molecular weight is 310 g/mol. The summed E-state index contributed by atoms with van der Waals surface area (Å²) in [6.45, 7) is 2.18. The lowest BCUT2D eigenvalue weighted by Crippen LogP contribution is -2.13. The van der Waals surface area contributed by atoms with Gasteiger partial charge in [-0.15, -0.1) is 0 Å². The summed E-state index contributed by atoms with van der Waals surface area (Å²) in [6, 6.07) is 18.1. The number of anilines is 1. The minimum absolute atomic E-state index is 0.283. The summed E-state index contributed by atoms with van der Waals surface area (Å²) in [7, 11) is 0. The lowest BCUT2D eigenvalue weighted by molar-refractivity contribution is 0.0106. The maximum Gasteiger partial charge on any atom is 0.0809 e. The van der Waals surface area contributed by atoms with Crippen molar-refractivity contribution in [2.24, 2.45) is 5.10 Å². The summed E-state index contributed by atoms with van der Waals surface area (Å²) < 4.78 is 11.3. The highest BCUT2D eigenvalue weighted by atomic mass is 16.5. The highest BCUT2D eigenvalue weighted by Crippen LogP contribution is 2.13. The molecule has 0 aliphatic carbocycles. The highest BCUT2D eigenvalue weighted by molar-refractivity contribution is 5.80. The van der Waals surface area contributed by atoms with Crippen molar-refractivity contribution in [3.8, 4) is 0 Å². The molecule has 1 aliphatic heterocycles. The van der Waals surface area contributed by atoms with Gasteiger partial charge in [0.05, 0.1) is 31.2 Å². The van der Waals surface area contributed by atoms with Gasteiger partial charge in [-0.3, -0.25) is 5.43 Å². The standard InChI is InChI=1S/C19H22N2O2/c1-2-5-18(6-3-1)21-20-13-16-8-10-17(11-9-16)14-22-15-19-7-4-12-23-19/h1-3,5-6,8-11,13,19,21H,4,7,12,14-15H2. The van der Waals surface area contributed by atoms with E-state index in [9.17, 15) is 0 Å². The molecule has 2 aromatic rings. The molecular formula is C19H22N2O2. The van der Waals surface area contributed by atoms with Crippen molar-refractivity contribution in [1.29, 1.82) is 0 Å². The topological polar surface area (TPSA) is 42.9 Å². The Morgan fingerprint density at radius 2 is 1.96 bits per heavy atom. The van der Waals surface area contributed by atoms with Gasteiger partial charge in [0, 0.05) is 6.61 Å². The first-order chi connectivity index (χ1) is 11.4. The number of nitrogens with one attached hydrogen (secondary N) is 1. The molecule has 0 saturated carbocycles. The van der Waals surface area contributed by atoms with Gasteiger partial charge in [-0.05, 0) is 36.1 Å². The molecule has 1 fully saturated rings. The summed E-state index contributed by atoms with van der Waals surface area (Å²) in [5.41, 5.74) is 6.19. The van der Waals surface area contributed by atoms with Crippen LogP contribution in [0.1, 0.15) is 24.0 Å². The van der Waals surface area contributed by atoms with Crippen LogP contribution in [0.3, 0.4) is 0 Å². The molecule has 1 atom stereocenters. The highest BCUT2D eigenvalue weighted by Gasteiger charge is 2.15. The Morgan fingerprint density at radius 1 is 1.13 bits per heavy atom. The number of benzene rings is 2. The molecule has 3 rings (SSSR count). The lowest BCUT2D eigenvalue weighted by Gasteiger charge is -2.10. The molecule has 23 heavy (non-hydrogen) atoms. The first-order valence-electron chi connectivity index (χ1n) is 8.02. The SMILES string of the molecule is C(=NNc1ccccc1)c1ccc(COCC2CCCO2)cc1. The average Bonchev–Trinajstić information content (AvgIpc) is 3.11. The van der Waals surface area contributed by atoms with E-state index in [0.717, 1.165) is 36.3 Å². The molecule has 0 spiro atoms. The fourth-order valence-corrected chi connectivity index (χ4v) is 2.48. The van der Waals surface area contributed by atoms with Crippen molar-refractivity contribution in [2.45, 2.75) is 25.6 Å². The Morgan fingerprint density at radius 3 is 2.70 bits per heavy atom. The van der Waals surface area contributed by atoms with E-state index in [1.165, 1.54) is 0 Å². The van der Waals surface area contributed by atoms with Crippen LogP contribution in [0.4, 0.5) is 5.69 Å². The Kier molecular flexibility index (Phi) is 5.78. The van der Waals surface area contributed by atoms with Crippen molar-refractivity contribution in [1.82, 2.24) is 0 Å². The van der Waals surface area contributed by atoms with Crippen molar-refractivity contribution < 1.29 is 9.47 Å². The zero-order valence-electron chi connectivity index (χ0n) is 13.2. The molecule has 0 aromatic heterocycles. The number of rotatable bonds is 7. The molecule has 0 bridgehead atoms. The van der Waals surface area contributed by atoms with Crippen LogP contribution < -0.4 is 5.43 Å². The molecule has 2 aromatic carbocycles. The maximum absolute atomic E-state index is 5.71. The van der Waals surface area contributed by atoms with E-state index >= 15 is 0 Å². The van der Waals surface area contributed by atoms with E-state index < -0.39 is 0 Å². The van der Waals surface area contributed by atoms with Gasteiger partial charge in [-0.2, -0.15) is 5.10 Å². The first-order valence-corrected chi connectivity index (χ1v) is 8.02. The van der Waals surface area contributed by atoms with Crippen molar-refractivity contribution in [2.75, 3.05) is 18.6 Å². The number of ether oxygens (including phenoxy) is 2. The Labute approximate surface area is 137 Å². The summed E-state index contributed by atoms with van der Waals surface area (Å²) in [6.07, 6.45) is 4.36. The van der Waals surface area contributed by atoms with Gasteiger partial charge in [0.15, 0.2) is 0 Å². The number of nitrogens with zero attached hydrogens (tertiary/aromatic N) is 1. The van der Waals surface area contributed by atoms with Crippen molar-refractivity contribution in [3.05, 3.63) is 65.7 Å². The minimum Gasteiger partial charge on any atom is -0.376 e. The van der Waals surface area contributed by atoms with Gasteiger partial charge in [0.25, 0.3) is 0 Å². The van der Waals surface area contributed by atoms with Gasteiger partial charge in [-0.25, -0.2) is 0 Å². The molecule has 1 unspecified atom stereocenters. The first kappa shape index (κ1) is 15.7. The summed E-state index contributed by atoms with van der Waals surface area (Å²) in [5, 5.41) is 4.23. The summed E-state index contributed by atoms with van der Waals surface area (Å²) >= 11 is 0. The zero-order chi connectivity index (χ0) is 15.7. The van der Waals surface area contributed by atoms with E-state index in [0.29, 0.717) is 13.2 Å². The van der Waals surface area contributed by atoms with E-state index in [1.807, 2.05) is 48.7 Å². The van der Waals surface area contributed by atoms with Crippen molar-refractivity contribution in [3.63, 3.8) is 0 Å². The van der Waals surface area contributed by atoms with Crippen LogP contribution in [0.15, 0.2) is 59.7 Å². The third-order valence-corrected chi connectivity index (χ3v) is 3.76. The summed E-state index contributed by atoms with van der Waals surface area (Å²) in [5.74, 6) is 0. The number of para-hydroxylation sites is 1. The van der Waals surface area contributed by atoms with E-state index in [2.05, 4.69) is 22.7 Å². The van der Waals surface area contributed by atoms with Gasteiger partial charge >= 0.3 is 0 Å². The van der Waals surface area contributed by atoms with Crippen LogP contribution >= 0.6 is 0 Å². The molecule has 4 heteroatoms.